The zero-order valence-electron chi connectivity index (χ0n) is 23.7. The van der Waals surface area contributed by atoms with E-state index in [0.717, 1.165) is 15.4 Å². The second-order valence-electron chi connectivity index (χ2n) is 9.49. The quantitative estimate of drug-likeness (QED) is 0.159. The minimum atomic E-state index is -4.04. The van der Waals surface area contributed by atoms with Gasteiger partial charge in [-0.2, -0.15) is 5.10 Å². The molecule has 2 N–H and O–H groups in total. The molecule has 2 amide bonds. The third-order valence-corrected chi connectivity index (χ3v) is 8.44. The van der Waals surface area contributed by atoms with Gasteiger partial charge in [0, 0.05) is 0 Å². The van der Waals surface area contributed by atoms with Crippen LogP contribution in [-0.2, 0) is 26.0 Å². The van der Waals surface area contributed by atoms with E-state index in [1.807, 2.05) is 26.0 Å². The summed E-state index contributed by atoms with van der Waals surface area (Å²) in [6.45, 7) is 3.12. The van der Waals surface area contributed by atoms with Crippen molar-refractivity contribution in [1.82, 2.24) is 5.43 Å². The molecule has 0 aliphatic heterocycles. The number of aryl methyl sites for hydroxylation is 2. The first-order valence-electron chi connectivity index (χ1n) is 13.4. The van der Waals surface area contributed by atoms with Crippen molar-refractivity contribution >= 4 is 51.0 Å². The molecule has 0 aliphatic rings. The van der Waals surface area contributed by atoms with E-state index in [1.54, 1.807) is 72.8 Å². The topological polar surface area (TPSA) is 117 Å². The molecule has 0 fully saturated rings. The number of amides is 2. The summed E-state index contributed by atoms with van der Waals surface area (Å²) in [7, 11) is -4.04. The summed E-state index contributed by atoms with van der Waals surface area (Å²) < 4.78 is 33.9. The van der Waals surface area contributed by atoms with Gasteiger partial charge in [0.25, 0.3) is 21.8 Å². The Morgan fingerprint density at radius 3 is 2.28 bits per heavy atom. The molecular weight excluding hydrogens is 588 g/mol. The summed E-state index contributed by atoms with van der Waals surface area (Å²) in [5.41, 5.74) is 5.70. The third kappa shape index (κ3) is 8.43. The molecule has 43 heavy (non-hydrogen) atoms. The molecule has 0 radical (unpaired) electrons. The summed E-state index contributed by atoms with van der Waals surface area (Å²) in [4.78, 5) is 25.2. The number of carbonyl (C=O) groups excluding carboxylic acids is 2. The molecule has 222 valence electrons. The van der Waals surface area contributed by atoms with Crippen LogP contribution < -0.4 is 19.8 Å². The molecule has 0 saturated carbocycles. The molecular formula is C32H31ClN4O5S. The minimum Gasteiger partial charge on any atom is -0.484 e. The number of anilines is 2. The lowest BCUT2D eigenvalue weighted by molar-refractivity contribution is -0.119. The van der Waals surface area contributed by atoms with Crippen molar-refractivity contribution in [2.45, 2.75) is 25.2 Å². The number of halogens is 1. The predicted octanol–water partition coefficient (Wildman–Crippen LogP) is 5.57. The van der Waals surface area contributed by atoms with Crippen LogP contribution in [0.4, 0.5) is 11.4 Å². The largest absolute Gasteiger partial charge is 0.484 e. The van der Waals surface area contributed by atoms with Crippen molar-refractivity contribution in [3.8, 4) is 5.75 Å². The van der Waals surface area contributed by atoms with Gasteiger partial charge >= 0.3 is 0 Å². The molecule has 4 aromatic rings. The molecule has 0 saturated heterocycles. The number of para-hydroxylation sites is 2. The summed E-state index contributed by atoms with van der Waals surface area (Å²) in [6, 6.07) is 27.2. The monoisotopic (exact) mass is 618 g/mol. The Hall–Kier alpha value is -4.67. The van der Waals surface area contributed by atoms with Gasteiger partial charge in [0.1, 0.15) is 12.3 Å². The predicted molar refractivity (Wildman–Crippen MR) is 169 cm³/mol. The van der Waals surface area contributed by atoms with Gasteiger partial charge in [0.15, 0.2) is 6.61 Å². The Balaban J connectivity index is 1.38. The molecule has 4 rings (SSSR count). The van der Waals surface area contributed by atoms with Gasteiger partial charge in [0.05, 0.1) is 27.5 Å². The molecule has 9 nitrogen and oxygen atoms in total. The average molecular weight is 619 g/mol. The lowest BCUT2D eigenvalue weighted by Crippen LogP contribution is -2.40. The van der Waals surface area contributed by atoms with Crippen molar-refractivity contribution in [3.05, 3.63) is 119 Å². The van der Waals surface area contributed by atoms with E-state index < -0.39 is 22.5 Å². The van der Waals surface area contributed by atoms with E-state index in [9.17, 15) is 18.0 Å². The SMILES string of the molecule is CCc1ccccc1N(CC(=O)N/N=C\c1ccc(OCC(=O)Nc2ccccc2Cl)cc1)S(=O)(=O)c1ccc(C)cc1. The molecule has 4 aromatic carbocycles. The molecule has 0 spiro atoms. The zero-order chi connectivity index (χ0) is 30.8. The fraction of sp³-hybridized carbons (Fsp3) is 0.156. The van der Waals surface area contributed by atoms with Crippen LogP contribution in [0, 0.1) is 6.92 Å². The van der Waals surface area contributed by atoms with Gasteiger partial charge < -0.3 is 10.1 Å². The molecule has 0 aliphatic carbocycles. The molecule has 0 unspecified atom stereocenters. The fourth-order valence-electron chi connectivity index (χ4n) is 4.08. The van der Waals surface area contributed by atoms with E-state index in [-0.39, 0.29) is 17.4 Å². The standard InChI is InChI=1S/C32H31ClN4O5S/c1-3-25-8-4-7-11-30(25)37(43(40,41)27-18-12-23(2)13-19-27)21-31(38)36-34-20-24-14-16-26(17-15-24)42-22-32(39)35-29-10-6-5-9-28(29)33/h4-20H,3,21-22H2,1-2H3,(H,35,39)(H,36,38)/b34-20-. The van der Waals surface area contributed by atoms with Crippen LogP contribution in [0.25, 0.3) is 0 Å². The Kier molecular flexibility index (Phi) is 10.5. The maximum Gasteiger partial charge on any atom is 0.264 e. The van der Waals surface area contributed by atoms with Crippen LogP contribution in [0.3, 0.4) is 0 Å². The number of hydrazone groups is 1. The lowest BCUT2D eigenvalue weighted by atomic mass is 10.1. The van der Waals surface area contributed by atoms with Gasteiger partial charge in [-0.05, 0) is 79.1 Å². The number of carbonyl (C=O) groups is 2. The van der Waals surface area contributed by atoms with Crippen molar-refractivity contribution in [2.24, 2.45) is 5.10 Å². The Morgan fingerprint density at radius 1 is 0.907 bits per heavy atom. The fourth-order valence-corrected chi connectivity index (χ4v) is 5.72. The van der Waals surface area contributed by atoms with Crippen LogP contribution in [0.5, 0.6) is 5.75 Å². The van der Waals surface area contributed by atoms with Crippen molar-refractivity contribution in [1.29, 1.82) is 0 Å². The van der Waals surface area contributed by atoms with Gasteiger partial charge in [-0.25, -0.2) is 13.8 Å². The van der Waals surface area contributed by atoms with E-state index in [0.29, 0.717) is 34.1 Å². The number of sulfonamides is 1. The van der Waals surface area contributed by atoms with Crippen LogP contribution in [0.2, 0.25) is 5.02 Å². The summed E-state index contributed by atoms with van der Waals surface area (Å²) in [5, 5.41) is 7.10. The molecule has 0 heterocycles. The number of nitrogens with one attached hydrogen (secondary N) is 2. The highest BCUT2D eigenvalue weighted by Crippen LogP contribution is 2.27. The molecule has 0 atom stereocenters. The van der Waals surface area contributed by atoms with Crippen molar-refractivity contribution in [3.63, 3.8) is 0 Å². The van der Waals surface area contributed by atoms with Gasteiger partial charge in [0.2, 0.25) is 0 Å². The Labute approximate surface area is 256 Å². The smallest absolute Gasteiger partial charge is 0.264 e. The zero-order valence-corrected chi connectivity index (χ0v) is 25.2. The van der Waals surface area contributed by atoms with E-state index in [4.69, 9.17) is 16.3 Å². The van der Waals surface area contributed by atoms with Gasteiger partial charge in [-0.15, -0.1) is 0 Å². The number of hydrogen-bond acceptors (Lipinski definition) is 6. The second kappa shape index (κ2) is 14.5. The summed E-state index contributed by atoms with van der Waals surface area (Å²) in [5.74, 6) is -0.509. The summed E-state index contributed by atoms with van der Waals surface area (Å²) in [6.07, 6.45) is 2.01. The van der Waals surface area contributed by atoms with Crippen molar-refractivity contribution in [2.75, 3.05) is 22.8 Å². The minimum absolute atomic E-state index is 0.0870. The van der Waals surface area contributed by atoms with Crippen LogP contribution in [-0.4, -0.2) is 39.6 Å². The number of nitrogens with zero attached hydrogens (tertiary/aromatic N) is 2. The Morgan fingerprint density at radius 2 is 1.58 bits per heavy atom. The third-order valence-electron chi connectivity index (χ3n) is 6.34. The highest BCUT2D eigenvalue weighted by Gasteiger charge is 2.28. The van der Waals surface area contributed by atoms with Gasteiger partial charge in [-0.1, -0.05) is 66.6 Å². The molecule has 11 heteroatoms. The maximum absolute atomic E-state index is 13.6. The highest BCUT2D eigenvalue weighted by molar-refractivity contribution is 7.92. The number of benzene rings is 4. The average Bonchev–Trinajstić information content (AvgIpc) is 3.01. The van der Waals surface area contributed by atoms with E-state index >= 15 is 0 Å². The van der Waals surface area contributed by atoms with Crippen LogP contribution >= 0.6 is 11.6 Å². The first kappa shape index (κ1) is 31.3. The van der Waals surface area contributed by atoms with E-state index in [2.05, 4.69) is 15.8 Å². The Bertz CT molecular complexity index is 1710. The number of rotatable bonds is 12. The number of hydrogen-bond donors (Lipinski definition) is 2. The first-order chi connectivity index (χ1) is 20.7. The first-order valence-corrected chi connectivity index (χ1v) is 15.3. The van der Waals surface area contributed by atoms with Crippen LogP contribution in [0.15, 0.2) is 107 Å². The number of ether oxygens (including phenoxy) is 1. The van der Waals surface area contributed by atoms with E-state index in [1.165, 1.54) is 18.3 Å². The van der Waals surface area contributed by atoms with Crippen LogP contribution in [0.1, 0.15) is 23.6 Å². The van der Waals surface area contributed by atoms with Gasteiger partial charge in [-0.3, -0.25) is 13.9 Å². The van der Waals surface area contributed by atoms with Crippen molar-refractivity contribution < 1.29 is 22.7 Å². The molecule has 0 bridgehead atoms. The second-order valence-corrected chi connectivity index (χ2v) is 11.8. The summed E-state index contributed by atoms with van der Waals surface area (Å²) >= 11 is 6.06. The maximum atomic E-state index is 13.6. The highest BCUT2D eigenvalue weighted by atomic mass is 35.5. The molecule has 0 aromatic heterocycles. The lowest BCUT2D eigenvalue weighted by Gasteiger charge is -2.25. The normalized spacial score (nSPS) is 11.2.